The first-order valence-electron chi connectivity index (χ1n) is 8.89. The zero-order chi connectivity index (χ0) is 17.3. The summed E-state index contributed by atoms with van der Waals surface area (Å²) in [6.07, 6.45) is 5.10. The molecular weight excluding hydrogens is 328 g/mol. The van der Waals surface area contributed by atoms with E-state index in [4.69, 9.17) is 16.3 Å². The van der Waals surface area contributed by atoms with E-state index in [1.807, 2.05) is 6.08 Å². The first kappa shape index (κ1) is 17.5. The summed E-state index contributed by atoms with van der Waals surface area (Å²) in [4.78, 5) is 30.2. The second-order valence-electron chi connectivity index (χ2n) is 6.49. The van der Waals surface area contributed by atoms with Crippen LogP contribution in [0.15, 0.2) is 22.4 Å². The molecule has 0 saturated carbocycles. The van der Waals surface area contributed by atoms with Crippen LogP contribution >= 0.6 is 11.6 Å². The molecule has 132 valence electrons. The van der Waals surface area contributed by atoms with E-state index in [1.54, 1.807) is 6.92 Å². The predicted octanol–water partition coefficient (Wildman–Crippen LogP) is 2.66. The van der Waals surface area contributed by atoms with E-state index in [2.05, 4.69) is 16.7 Å². The number of likely N-dealkylation sites (tertiary alicyclic amines) is 1. The van der Waals surface area contributed by atoms with Crippen LogP contribution in [0.3, 0.4) is 0 Å². The van der Waals surface area contributed by atoms with Crippen molar-refractivity contribution in [2.75, 3.05) is 26.2 Å². The summed E-state index contributed by atoms with van der Waals surface area (Å²) < 4.78 is 5.26. The first-order valence-corrected chi connectivity index (χ1v) is 9.27. The summed E-state index contributed by atoms with van der Waals surface area (Å²) in [5.41, 5.74) is 1.63. The van der Waals surface area contributed by atoms with Crippen molar-refractivity contribution in [3.8, 4) is 0 Å². The van der Waals surface area contributed by atoms with E-state index in [0.717, 1.165) is 48.8 Å². The third-order valence-corrected chi connectivity index (χ3v) is 5.42. The van der Waals surface area contributed by atoms with Crippen LogP contribution in [0.4, 0.5) is 0 Å². The molecule has 3 rings (SSSR count). The summed E-state index contributed by atoms with van der Waals surface area (Å²) in [6, 6.07) is 0. The molecule has 0 amide bonds. The molecule has 1 saturated heterocycles. The van der Waals surface area contributed by atoms with Crippen molar-refractivity contribution in [2.24, 2.45) is 5.92 Å². The van der Waals surface area contributed by atoms with E-state index in [1.165, 1.54) is 0 Å². The molecule has 5 nitrogen and oxygen atoms in total. The second kappa shape index (κ2) is 7.28. The quantitative estimate of drug-likeness (QED) is 0.575. The van der Waals surface area contributed by atoms with E-state index >= 15 is 0 Å². The van der Waals surface area contributed by atoms with Gasteiger partial charge in [0.05, 0.1) is 6.61 Å². The number of halogens is 1. The zero-order valence-corrected chi connectivity index (χ0v) is 15.1. The van der Waals surface area contributed by atoms with Gasteiger partial charge in [0.2, 0.25) is 0 Å². The number of ether oxygens (including phenoxy) is 1. The third-order valence-electron chi connectivity index (χ3n) is 5.12. The van der Waals surface area contributed by atoms with Crippen molar-refractivity contribution in [3.63, 3.8) is 0 Å². The molecule has 6 heteroatoms. The van der Waals surface area contributed by atoms with Gasteiger partial charge in [-0.25, -0.2) is 0 Å². The number of nitrogens with zero attached hydrogens (tertiary/aromatic N) is 2. The average molecular weight is 353 g/mol. The van der Waals surface area contributed by atoms with Gasteiger partial charge in [-0.2, -0.15) is 0 Å². The molecule has 2 heterocycles. The summed E-state index contributed by atoms with van der Waals surface area (Å²) in [7, 11) is 0. The molecule has 0 aromatic carbocycles. The molecule has 3 aliphatic rings. The van der Waals surface area contributed by atoms with Crippen LogP contribution in [-0.4, -0.2) is 54.0 Å². The summed E-state index contributed by atoms with van der Waals surface area (Å²) in [6.45, 7) is 6.67. The van der Waals surface area contributed by atoms with Gasteiger partial charge in [-0.1, -0.05) is 11.6 Å². The summed E-state index contributed by atoms with van der Waals surface area (Å²) in [5, 5.41) is 0.773. The smallest absolute Gasteiger partial charge is 0.320 e. The molecule has 0 bridgehead atoms. The Kier molecular flexibility index (Phi) is 5.30. The van der Waals surface area contributed by atoms with Gasteiger partial charge in [0.25, 0.3) is 0 Å². The SMILES string of the molecule is CCOC(=O)C1C(=O)C2=C(C=C(Cl)CC2)N(CC)C1N1CCCC1. The predicted molar refractivity (Wildman–Crippen MR) is 92.3 cm³/mol. The molecule has 0 aromatic rings. The lowest BCUT2D eigenvalue weighted by Crippen LogP contribution is -2.59. The van der Waals surface area contributed by atoms with E-state index < -0.39 is 11.9 Å². The Labute approximate surface area is 148 Å². The standard InChI is InChI=1S/C18H25ClN2O3/c1-3-21-14-11-12(19)7-8-13(14)16(22)15(18(23)24-4-2)17(21)20-9-5-6-10-20/h11,15,17H,3-10H2,1-2H3. The Morgan fingerprint density at radius 1 is 1.29 bits per heavy atom. The topological polar surface area (TPSA) is 49.9 Å². The molecule has 0 aromatic heterocycles. The van der Waals surface area contributed by atoms with E-state index in [-0.39, 0.29) is 11.9 Å². The highest BCUT2D eigenvalue weighted by Gasteiger charge is 2.49. The minimum absolute atomic E-state index is 0.0783. The fourth-order valence-electron chi connectivity index (χ4n) is 4.06. The molecule has 1 aliphatic carbocycles. The van der Waals surface area contributed by atoms with Gasteiger partial charge in [0.15, 0.2) is 11.7 Å². The average Bonchev–Trinajstić information content (AvgIpc) is 3.08. The van der Waals surface area contributed by atoms with Crippen LogP contribution < -0.4 is 0 Å². The van der Waals surface area contributed by atoms with Crippen molar-refractivity contribution in [3.05, 3.63) is 22.4 Å². The fourth-order valence-corrected chi connectivity index (χ4v) is 4.26. The number of esters is 1. The second-order valence-corrected chi connectivity index (χ2v) is 6.98. The number of hydrogen-bond acceptors (Lipinski definition) is 5. The summed E-state index contributed by atoms with van der Waals surface area (Å²) in [5.74, 6) is -1.23. The van der Waals surface area contributed by atoms with Gasteiger partial charge in [-0.3, -0.25) is 14.5 Å². The number of rotatable bonds is 4. The number of Topliss-reactive ketones (excluding diaryl/α,β-unsaturated/α-hetero) is 1. The largest absolute Gasteiger partial charge is 0.465 e. The molecule has 0 N–H and O–H groups in total. The minimum atomic E-state index is -0.757. The van der Waals surface area contributed by atoms with Crippen molar-refractivity contribution in [2.45, 2.75) is 45.7 Å². The zero-order valence-electron chi connectivity index (χ0n) is 14.4. The maximum Gasteiger partial charge on any atom is 0.320 e. The van der Waals surface area contributed by atoms with Crippen LogP contribution in [0.2, 0.25) is 0 Å². The van der Waals surface area contributed by atoms with E-state index in [9.17, 15) is 9.59 Å². The molecule has 0 radical (unpaired) electrons. The van der Waals surface area contributed by atoms with Gasteiger partial charge in [-0.05, 0) is 45.6 Å². The molecule has 0 spiro atoms. The lowest BCUT2D eigenvalue weighted by atomic mass is 9.83. The van der Waals surface area contributed by atoms with Crippen molar-refractivity contribution < 1.29 is 14.3 Å². The number of likely N-dealkylation sites (N-methyl/N-ethyl adjacent to an activating group) is 1. The van der Waals surface area contributed by atoms with Crippen LogP contribution in [0.1, 0.15) is 39.5 Å². The fraction of sp³-hybridized carbons (Fsp3) is 0.667. The third kappa shape index (κ3) is 3.00. The van der Waals surface area contributed by atoms with Crippen molar-refractivity contribution >= 4 is 23.4 Å². The molecule has 1 fully saturated rings. The molecule has 2 aliphatic heterocycles. The lowest BCUT2D eigenvalue weighted by molar-refractivity contribution is -0.158. The van der Waals surface area contributed by atoms with Crippen molar-refractivity contribution in [1.82, 2.24) is 9.80 Å². The maximum atomic E-state index is 13.1. The highest BCUT2D eigenvalue weighted by molar-refractivity contribution is 6.30. The molecular formula is C18H25ClN2O3. The monoisotopic (exact) mass is 352 g/mol. The van der Waals surface area contributed by atoms with Crippen LogP contribution in [0.5, 0.6) is 0 Å². The molecule has 24 heavy (non-hydrogen) atoms. The Bertz CT molecular complexity index is 593. The van der Waals surface area contributed by atoms with Crippen LogP contribution in [-0.2, 0) is 14.3 Å². The van der Waals surface area contributed by atoms with Gasteiger partial charge in [0, 0.05) is 35.9 Å². The Hall–Kier alpha value is -1.33. The normalized spacial score (nSPS) is 28.0. The minimum Gasteiger partial charge on any atom is -0.465 e. The van der Waals surface area contributed by atoms with E-state index in [0.29, 0.717) is 19.4 Å². The van der Waals surface area contributed by atoms with Gasteiger partial charge < -0.3 is 9.64 Å². The Morgan fingerprint density at radius 2 is 2.00 bits per heavy atom. The van der Waals surface area contributed by atoms with Crippen molar-refractivity contribution in [1.29, 1.82) is 0 Å². The number of hydrogen-bond donors (Lipinski definition) is 0. The van der Waals surface area contributed by atoms with Crippen LogP contribution in [0.25, 0.3) is 0 Å². The highest BCUT2D eigenvalue weighted by Crippen LogP contribution is 2.39. The molecule has 2 unspecified atom stereocenters. The Balaban J connectivity index is 2.06. The summed E-state index contributed by atoms with van der Waals surface area (Å²) >= 11 is 6.25. The first-order chi connectivity index (χ1) is 11.6. The van der Waals surface area contributed by atoms with Gasteiger partial charge >= 0.3 is 5.97 Å². The lowest BCUT2D eigenvalue weighted by Gasteiger charge is -2.46. The molecule has 2 atom stereocenters. The van der Waals surface area contributed by atoms with Crippen LogP contribution in [0, 0.1) is 5.92 Å². The number of carbonyl (C=O) groups is 2. The number of ketones is 1. The van der Waals surface area contributed by atoms with Gasteiger partial charge in [0.1, 0.15) is 6.17 Å². The highest BCUT2D eigenvalue weighted by atomic mass is 35.5. The number of allylic oxidation sites excluding steroid dienone is 3. The Morgan fingerprint density at radius 3 is 2.62 bits per heavy atom. The maximum absolute atomic E-state index is 13.1. The van der Waals surface area contributed by atoms with Gasteiger partial charge in [-0.15, -0.1) is 0 Å². The number of carbonyl (C=O) groups excluding carboxylic acids is 2.